The van der Waals surface area contributed by atoms with Crippen molar-refractivity contribution in [3.63, 3.8) is 0 Å². The van der Waals surface area contributed by atoms with Gasteiger partial charge in [-0.1, -0.05) is 12.1 Å². The van der Waals surface area contributed by atoms with Crippen molar-refractivity contribution >= 4 is 23.4 Å². The van der Waals surface area contributed by atoms with Gasteiger partial charge in [-0.25, -0.2) is 9.59 Å². The number of rotatable bonds is 6. The predicted octanol–water partition coefficient (Wildman–Crippen LogP) is 4.96. The first-order valence-electron chi connectivity index (χ1n) is 10.0. The Balaban J connectivity index is 1.45. The molecule has 32 heavy (non-hydrogen) atoms. The highest BCUT2D eigenvalue weighted by Gasteiger charge is 2.12. The highest BCUT2D eigenvalue weighted by molar-refractivity contribution is 6.00. The Kier molecular flexibility index (Phi) is 6.22. The second-order valence-electron chi connectivity index (χ2n) is 6.84. The van der Waals surface area contributed by atoms with Crippen molar-refractivity contribution in [2.75, 3.05) is 17.2 Å². The molecule has 4 aromatic rings. The summed E-state index contributed by atoms with van der Waals surface area (Å²) in [5.74, 6) is -0.398. The summed E-state index contributed by atoms with van der Waals surface area (Å²) in [5.41, 5.74) is 5.16. The van der Waals surface area contributed by atoms with Gasteiger partial charge in [0.25, 0.3) is 0 Å². The first-order valence-corrected chi connectivity index (χ1v) is 10.0. The standard InChI is InChI=1S/C24H21N5O3/c1-2-32-23(30)17-6-8-19(9-7-17)27-24(31)28-20-5-3-4-18(14-20)22-21(15-26-29-22)16-10-12-25-13-11-16/h3-15H,2H2,1H3,(H,26,29)(H2,27,28,31). The molecule has 0 spiro atoms. The van der Waals surface area contributed by atoms with E-state index in [-0.39, 0.29) is 0 Å². The average Bonchev–Trinajstić information content (AvgIpc) is 3.30. The van der Waals surface area contributed by atoms with Crippen LogP contribution in [0.5, 0.6) is 0 Å². The number of urea groups is 1. The molecule has 0 aliphatic heterocycles. The van der Waals surface area contributed by atoms with Gasteiger partial charge in [0.15, 0.2) is 0 Å². The van der Waals surface area contributed by atoms with Crippen LogP contribution in [0.25, 0.3) is 22.4 Å². The number of hydrogen-bond donors (Lipinski definition) is 3. The highest BCUT2D eigenvalue weighted by atomic mass is 16.5. The minimum atomic E-state index is -0.401. The molecule has 2 aromatic carbocycles. The summed E-state index contributed by atoms with van der Waals surface area (Å²) < 4.78 is 4.96. The zero-order valence-electron chi connectivity index (χ0n) is 17.3. The van der Waals surface area contributed by atoms with E-state index in [9.17, 15) is 9.59 Å². The molecule has 2 aromatic heterocycles. The van der Waals surface area contributed by atoms with Crippen molar-refractivity contribution in [1.82, 2.24) is 15.2 Å². The number of carbonyl (C=O) groups is 2. The second-order valence-corrected chi connectivity index (χ2v) is 6.84. The molecule has 0 unspecified atom stereocenters. The number of aromatic amines is 1. The summed E-state index contributed by atoms with van der Waals surface area (Å²) >= 11 is 0. The van der Waals surface area contributed by atoms with Crippen LogP contribution in [-0.4, -0.2) is 33.8 Å². The van der Waals surface area contributed by atoms with Crippen molar-refractivity contribution in [2.45, 2.75) is 6.92 Å². The number of anilines is 2. The quantitative estimate of drug-likeness (QED) is 0.377. The van der Waals surface area contributed by atoms with Crippen molar-refractivity contribution in [3.8, 4) is 22.4 Å². The fourth-order valence-electron chi connectivity index (χ4n) is 3.20. The first kappa shape index (κ1) is 20.8. The fourth-order valence-corrected chi connectivity index (χ4v) is 3.20. The molecule has 0 fully saturated rings. The molecule has 2 heterocycles. The molecule has 0 radical (unpaired) electrons. The molecular formula is C24H21N5O3. The number of aromatic nitrogens is 3. The van der Waals surface area contributed by atoms with Gasteiger partial charge in [0.2, 0.25) is 0 Å². The molecule has 0 atom stereocenters. The van der Waals surface area contributed by atoms with Crippen LogP contribution in [0.2, 0.25) is 0 Å². The third-order valence-corrected chi connectivity index (χ3v) is 4.68. The van der Waals surface area contributed by atoms with E-state index in [1.165, 1.54) is 0 Å². The number of esters is 1. The molecule has 4 rings (SSSR count). The van der Waals surface area contributed by atoms with Gasteiger partial charge in [-0.15, -0.1) is 0 Å². The maximum atomic E-state index is 12.4. The summed E-state index contributed by atoms with van der Waals surface area (Å²) in [4.78, 5) is 28.2. The minimum absolute atomic E-state index is 0.308. The van der Waals surface area contributed by atoms with Crippen LogP contribution >= 0.6 is 0 Å². The smallest absolute Gasteiger partial charge is 0.338 e. The SMILES string of the molecule is CCOC(=O)c1ccc(NC(=O)Nc2cccc(-c3n[nH]cc3-c3ccncc3)c2)cc1. The molecular weight excluding hydrogens is 406 g/mol. The maximum Gasteiger partial charge on any atom is 0.338 e. The van der Waals surface area contributed by atoms with Gasteiger partial charge < -0.3 is 15.4 Å². The van der Waals surface area contributed by atoms with Crippen LogP contribution in [-0.2, 0) is 4.74 Å². The minimum Gasteiger partial charge on any atom is -0.462 e. The normalized spacial score (nSPS) is 10.4. The molecule has 0 aliphatic carbocycles. The van der Waals surface area contributed by atoms with Gasteiger partial charge in [0.05, 0.1) is 17.9 Å². The Morgan fingerprint density at radius 2 is 1.69 bits per heavy atom. The number of amides is 2. The molecule has 160 valence electrons. The number of benzene rings is 2. The van der Waals surface area contributed by atoms with Crippen LogP contribution in [0.3, 0.4) is 0 Å². The molecule has 0 bridgehead atoms. The Morgan fingerprint density at radius 1 is 0.938 bits per heavy atom. The third kappa shape index (κ3) is 4.81. The van der Waals surface area contributed by atoms with E-state index in [0.717, 1.165) is 22.4 Å². The van der Waals surface area contributed by atoms with Crippen molar-refractivity contribution in [1.29, 1.82) is 0 Å². The van der Waals surface area contributed by atoms with Crippen molar-refractivity contribution in [3.05, 3.63) is 84.8 Å². The lowest BCUT2D eigenvalue weighted by Gasteiger charge is -2.10. The van der Waals surface area contributed by atoms with Gasteiger partial charge >= 0.3 is 12.0 Å². The first-order chi connectivity index (χ1) is 15.6. The second kappa shape index (κ2) is 9.57. The number of nitrogens with zero attached hydrogens (tertiary/aromatic N) is 2. The third-order valence-electron chi connectivity index (χ3n) is 4.68. The summed E-state index contributed by atoms with van der Waals surface area (Å²) in [6.07, 6.45) is 5.29. The van der Waals surface area contributed by atoms with E-state index < -0.39 is 12.0 Å². The molecule has 0 aliphatic rings. The van der Waals surface area contributed by atoms with Crippen LogP contribution in [0.1, 0.15) is 17.3 Å². The topological polar surface area (TPSA) is 109 Å². The summed E-state index contributed by atoms with van der Waals surface area (Å²) in [5, 5.41) is 12.8. The summed E-state index contributed by atoms with van der Waals surface area (Å²) in [6.45, 7) is 2.06. The van der Waals surface area contributed by atoms with E-state index in [1.807, 2.05) is 36.5 Å². The lowest BCUT2D eigenvalue weighted by atomic mass is 10.0. The number of nitrogens with one attached hydrogen (secondary N) is 3. The van der Waals surface area contributed by atoms with Crippen LogP contribution in [0.4, 0.5) is 16.2 Å². The number of carbonyl (C=O) groups excluding carboxylic acids is 2. The predicted molar refractivity (Wildman–Crippen MR) is 122 cm³/mol. The molecule has 0 saturated carbocycles. The Bertz CT molecular complexity index is 1220. The molecule has 8 nitrogen and oxygen atoms in total. The summed E-state index contributed by atoms with van der Waals surface area (Å²) in [7, 11) is 0. The number of H-pyrrole nitrogens is 1. The van der Waals surface area contributed by atoms with Gasteiger partial charge in [-0.2, -0.15) is 5.10 Å². The monoisotopic (exact) mass is 427 g/mol. The Labute approximate surface area is 184 Å². The van der Waals surface area contributed by atoms with Crippen LogP contribution in [0, 0.1) is 0 Å². The van der Waals surface area contributed by atoms with E-state index in [1.54, 1.807) is 49.6 Å². The Hall–Kier alpha value is -4.46. The van der Waals surface area contributed by atoms with Gasteiger partial charge in [-0.05, 0) is 61.0 Å². The number of ether oxygens (including phenoxy) is 1. The molecule has 0 saturated heterocycles. The highest BCUT2D eigenvalue weighted by Crippen LogP contribution is 2.31. The maximum absolute atomic E-state index is 12.4. The molecule has 3 N–H and O–H groups in total. The average molecular weight is 427 g/mol. The van der Waals surface area contributed by atoms with Crippen molar-refractivity contribution < 1.29 is 14.3 Å². The number of hydrogen-bond acceptors (Lipinski definition) is 5. The van der Waals surface area contributed by atoms with Gasteiger partial charge in [0.1, 0.15) is 0 Å². The fraction of sp³-hybridized carbons (Fsp3) is 0.0833. The van der Waals surface area contributed by atoms with Crippen LogP contribution < -0.4 is 10.6 Å². The molecule has 8 heteroatoms. The lowest BCUT2D eigenvalue weighted by molar-refractivity contribution is 0.0526. The largest absolute Gasteiger partial charge is 0.462 e. The van der Waals surface area contributed by atoms with Crippen molar-refractivity contribution in [2.24, 2.45) is 0 Å². The summed E-state index contributed by atoms with van der Waals surface area (Å²) in [6, 6.07) is 17.4. The van der Waals surface area contributed by atoms with Gasteiger partial charge in [0, 0.05) is 41.1 Å². The molecule has 2 amide bonds. The lowest BCUT2D eigenvalue weighted by Crippen LogP contribution is -2.19. The van der Waals surface area contributed by atoms with E-state index in [4.69, 9.17) is 4.74 Å². The number of pyridine rings is 1. The Morgan fingerprint density at radius 3 is 2.44 bits per heavy atom. The van der Waals surface area contributed by atoms with Crippen LogP contribution in [0.15, 0.2) is 79.3 Å². The zero-order valence-corrected chi connectivity index (χ0v) is 17.3. The van der Waals surface area contributed by atoms with E-state index in [0.29, 0.717) is 23.5 Å². The van der Waals surface area contributed by atoms with E-state index in [2.05, 4.69) is 25.8 Å². The zero-order chi connectivity index (χ0) is 22.3. The van der Waals surface area contributed by atoms with E-state index >= 15 is 0 Å². The van der Waals surface area contributed by atoms with Gasteiger partial charge in [-0.3, -0.25) is 10.1 Å².